The Hall–Kier alpha value is -3.36. The molecular formula is C30H34F9N5O. The van der Waals surface area contributed by atoms with Gasteiger partial charge in [-0.05, 0) is 96.2 Å². The van der Waals surface area contributed by atoms with Gasteiger partial charge in [0.2, 0.25) is 0 Å². The summed E-state index contributed by atoms with van der Waals surface area (Å²) in [6, 6.07) is 4.37. The Kier molecular flexibility index (Phi) is 9.81. The Morgan fingerprint density at radius 2 is 1.44 bits per heavy atom. The summed E-state index contributed by atoms with van der Waals surface area (Å²) in [4.78, 5) is 2.23. The average Bonchev–Trinajstić information content (AvgIpc) is 3.36. The number of rotatable bonds is 9. The van der Waals surface area contributed by atoms with E-state index in [0.29, 0.717) is 17.7 Å². The molecule has 2 aromatic carbocycles. The van der Waals surface area contributed by atoms with Gasteiger partial charge in [-0.15, -0.1) is 5.10 Å². The van der Waals surface area contributed by atoms with Crippen LogP contribution in [0.1, 0.15) is 85.9 Å². The lowest BCUT2D eigenvalue weighted by Gasteiger charge is -2.38. The monoisotopic (exact) mass is 651 g/mol. The van der Waals surface area contributed by atoms with Gasteiger partial charge < -0.3 is 9.64 Å². The number of tetrazole rings is 1. The van der Waals surface area contributed by atoms with Crippen LogP contribution in [0.5, 0.6) is 0 Å². The number of ether oxygens (including phenoxy) is 1. The lowest BCUT2D eigenvalue weighted by Crippen LogP contribution is -2.29. The number of benzene rings is 2. The normalized spacial score (nSPS) is 17.0. The van der Waals surface area contributed by atoms with Crippen molar-refractivity contribution in [3.8, 4) is 0 Å². The van der Waals surface area contributed by atoms with Crippen molar-refractivity contribution in [3.05, 3.63) is 69.8 Å². The Morgan fingerprint density at radius 1 is 0.867 bits per heavy atom. The number of hydrogen-bond donors (Lipinski definition) is 0. The molecule has 0 radical (unpaired) electrons. The van der Waals surface area contributed by atoms with Gasteiger partial charge in [0, 0.05) is 19.7 Å². The highest BCUT2D eigenvalue weighted by Gasteiger charge is 2.38. The van der Waals surface area contributed by atoms with Crippen molar-refractivity contribution in [1.82, 2.24) is 20.2 Å². The molecule has 6 nitrogen and oxygen atoms in total. The maximum atomic E-state index is 13.9. The summed E-state index contributed by atoms with van der Waals surface area (Å²) in [5.74, 6) is -0.214. The van der Waals surface area contributed by atoms with Gasteiger partial charge in [-0.3, -0.25) is 0 Å². The van der Waals surface area contributed by atoms with Crippen molar-refractivity contribution in [2.24, 2.45) is 18.4 Å². The molecule has 0 saturated heterocycles. The highest BCUT2D eigenvalue weighted by atomic mass is 19.4. The number of hydrogen-bond acceptors (Lipinski definition) is 5. The zero-order chi connectivity index (χ0) is 33.4. The number of alkyl halides is 9. The lowest BCUT2D eigenvalue weighted by molar-refractivity contribution is -0.143. The van der Waals surface area contributed by atoms with E-state index in [0.717, 1.165) is 42.6 Å². The topological polar surface area (TPSA) is 56.1 Å². The van der Waals surface area contributed by atoms with Crippen LogP contribution in [0.3, 0.4) is 0 Å². The lowest BCUT2D eigenvalue weighted by atomic mass is 9.70. The van der Waals surface area contributed by atoms with Gasteiger partial charge in [0.15, 0.2) is 0 Å². The molecule has 1 saturated carbocycles. The molecule has 0 aliphatic heterocycles. The van der Waals surface area contributed by atoms with Crippen LogP contribution in [-0.2, 0) is 43.4 Å². The highest BCUT2D eigenvalue weighted by molar-refractivity contribution is 5.42. The van der Waals surface area contributed by atoms with Crippen molar-refractivity contribution in [2.45, 2.75) is 84.2 Å². The number of nitrogens with zero attached hydrogens (tertiary/aromatic N) is 5. The maximum absolute atomic E-state index is 13.9. The van der Waals surface area contributed by atoms with Gasteiger partial charge in [-0.25, -0.2) is 0 Å². The zero-order valence-electron chi connectivity index (χ0n) is 25.1. The second-order valence-corrected chi connectivity index (χ2v) is 12.1. The highest BCUT2D eigenvalue weighted by Crippen LogP contribution is 2.46. The number of halogens is 9. The van der Waals surface area contributed by atoms with Gasteiger partial charge in [0.25, 0.3) is 5.95 Å². The Morgan fingerprint density at radius 3 is 1.93 bits per heavy atom. The van der Waals surface area contributed by atoms with Crippen LogP contribution in [0.15, 0.2) is 36.4 Å². The fourth-order valence-electron chi connectivity index (χ4n) is 5.71. The third-order valence-electron chi connectivity index (χ3n) is 8.10. The van der Waals surface area contributed by atoms with Gasteiger partial charge in [-0.1, -0.05) is 25.0 Å². The predicted molar refractivity (Wildman–Crippen MR) is 147 cm³/mol. The van der Waals surface area contributed by atoms with Crippen molar-refractivity contribution in [3.63, 3.8) is 0 Å². The van der Waals surface area contributed by atoms with Crippen molar-refractivity contribution in [1.29, 1.82) is 0 Å². The van der Waals surface area contributed by atoms with E-state index in [1.54, 1.807) is 6.92 Å². The number of aromatic nitrogens is 4. The SMILES string of the molecule is CCOC(c1ccc(C(F)(F)F)cc1CN(Cc1cc(C(F)(F)F)cc(C(F)(F)F)c1)c1nnn(C)n1)C1CCC(C)(C)CC1. The summed E-state index contributed by atoms with van der Waals surface area (Å²) < 4.78 is 129. The molecule has 0 bridgehead atoms. The second-order valence-electron chi connectivity index (χ2n) is 12.1. The molecule has 248 valence electrons. The van der Waals surface area contributed by atoms with E-state index in [1.807, 2.05) is 0 Å². The van der Waals surface area contributed by atoms with E-state index < -0.39 is 53.4 Å². The first-order valence-electron chi connectivity index (χ1n) is 14.4. The molecule has 1 atom stereocenters. The summed E-state index contributed by atoms with van der Waals surface area (Å²) in [7, 11) is 1.39. The average molecular weight is 652 g/mol. The van der Waals surface area contributed by atoms with Crippen LogP contribution in [0.25, 0.3) is 0 Å². The number of aryl methyl sites for hydroxylation is 1. The van der Waals surface area contributed by atoms with Crippen molar-refractivity contribution >= 4 is 5.95 Å². The van der Waals surface area contributed by atoms with Crippen LogP contribution >= 0.6 is 0 Å². The third kappa shape index (κ3) is 8.67. The van der Waals surface area contributed by atoms with Crippen LogP contribution in [0.2, 0.25) is 0 Å². The van der Waals surface area contributed by atoms with E-state index in [1.165, 1.54) is 18.0 Å². The molecular weight excluding hydrogens is 617 g/mol. The molecule has 15 heteroatoms. The van der Waals surface area contributed by atoms with Gasteiger partial charge in [0.1, 0.15) is 0 Å². The fourth-order valence-corrected chi connectivity index (χ4v) is 5.71. The minimum Gasteiger partial charge on any atom is -0.374 e. The van der Waals surface area contributed by atoms with Gasteiger partial charge >= 0.3 is 18.5 Å². The van der Waals surface area contributed by atoms with Crippen LogP contribution < -0.4 is 4.90 Å². The van der Waals surface area contributed by atoms with E-state index in [-0.39, 0.29) is 42.1 Å². The van der Waals surface area contributed by atoms with E-state index in [4.69, 9.17) is 4.74 Å². The molecule has 1 aromatic heterocycles. The fraction of sp³-hybridized carbons (Fsp3) is 0.567. The molecule has 1 aliphatic rings. The quantitative estimate of drug-likeness (QED) is 0.217. The van der Waals surface area contributed by atoms with Crippen LogP contribution in [0, 0.1) is 11.3 Å². The maximum Gasteiger partial charge on any atom is 0.416 e. The molecule has 1 unspecified atom stereocenters. The number of anilines is 1. The standard InChI is InChI=1S/C30H34F9N5O/c1-5-45-25(19-8-10-27(2,3)11-9-19)24-7-6-21(28(31,32)33)14-20(24)17-44(26-40-42-43(4)41-26)16-18-12-22(29(34,35)36)15-23(13-18)30(37,38)39/h6-7,12-15,19,25H,5,8-11,16-17H2,1-4H3. The molecule has 0 amide bonds. The van der Waals surface area contributed by atoms with Crippen molar-refractivity contribution < 1.29 is 44.3 Å². The summed E-state index contributed by atoms with van der Waals surface area (Å²) in [5, 5.41) is 11.6. The summed E-state index contributed by atoms with van der Waals surface area (Å²) in [5.41, 5.74) is -3.72. The van der Waals surface area contributed by atoms with Crippen LogP contribution in [0.4, 0.5) is 45.5 Å². The van der Waals surface area contributed by atoms with E-state index >= 15 is 0 Å². The predicted octanol–water partition coefficient (Wildman–Crippen LogP) is 8.77. The molecule has 0 spiro atoms. The van der Waals surface area contributed by atoms with Gasteiger partial charge in [-0.2, -0.15) is 44.3 Å². The third-order valence-corrected chi connectivity index (χ3v) is 8.10. The minimum absolute atomic E-state index is 0.0114. The largest absolute Gasteiger partial charge is 0.416 e. The smallest absolute Gasteiger partial charge is 0.374 e. The first-order chi connectivity index (χ1) is 20.8. The van der Waals surface area contributed by atoms with Gasteiger partial charge in [0.05, 0.1) is 29.8 Å². The Bertz CT molecular complexity index is 1420. The van der Waals surface area contributed by atoms with Crippen LogP contribution in [-0.4, -0.2) is 26.8 Å². The Labute approximate surface area is 254 Å². The molecule has 1 aliphatic carbocycles. The summed E-state index contributed by atoms with van der Waals surface area (Å²) in [6.07, 6.45) is -12.2. The molecule has 1 heterocycles. The molecule has 4 rings (SSSR count). The van der Waals surface area contributed by atoms with E-state index in [9.17, 15) is 39.5 Å². The first kappa shape index (κ1) is 34.5. The molecule has 1 fully saturated rings. The Balaban J connectivity index is 1.82. The second kappa shape index (κ2) is 12.8. The zero-order valence-corrected chi connectivity index (χ0v) is 25.1. The molecule has 45 heavy (non-hydrogen) atoms. The summed E-state index contributed by atoms with van der Waals surface area (Å²) >= 11 is 0. The molecule has 3 aromatic rings. The van der Waals surface area contributed by atoms with E-state index in [2.05, 4.69) is 29.3 Å². The minimum atomic E-state index is -5.08. The van der Waals surface area contributed by atoms with Crippen molar-refractivity contribution in [2.75, 3.05) is 11.5 Å². The first-order valence-corrected chi connectivity index (χ1v) is 14.4. The summed E-state index contributed by atoms with van der Waals surface area (Å²) in [6.45, 7) is 5.35. The molecule has 0 N–H and O–H groups in total.